The molecule has 0 radical (unpaired) electrons. The molecule has 0 aromatic heterocycles. The van der Waals surface area contributed by atoms with E-state index in [0.29, 0.717) is 24.3 Å². The van der Waals surface area contributed by atoms with E-state index in [9.17, 15) is 9.59 Å². The quantitative estimate of drug-likeness (QED) is 0.838. The fraction of sp³-hybridized carbons (Fsp3) is 0.391. The number of fused-ring (bicyclic) bond motifs is 2. The van der Waals surface area contributed by atoms with Gasteiger partial charge in [0.2, 0.25) is 5.91 Å². The first-order valence-corrected chi connectivity index (χ1v) is 9.99. The summed E-state index contributed by atoms with van der Waals surface area (Å²) >= 11 is 0. The van der Waals surface area contributed by atoms with Crippen LogP contribution in [0.5, 0.6) is 5.75 Å². The molecule has 2 aliphatic heterocycles. The van der Waals surface area contributed by atoms with Gasteiger partial charge in [-0.25, -0.2) is 0 Å². The van der Waals surface area contributed by atoms with E-state index in [1.807, 2.05) is 31.2 Å². The van der Waals surface area contributed by atoms with Gasteiger partial charge in [-0.3, -0.25) is 14.5 Å². The number of amides is 2. The Morgan fingerprint density at radius 3 is 2.62 bits per heavy atom. The van der Waals surface area contributed by atoms with Crippen LogP contribution in [-0.2, 0) is 11.2 Å². The number of hydrogen-bond acceptors (Lipinski definition) is 4. The minimum absolute atomic E-state index is 0.0425. The second-order valence-electron chi connectivity index (χ2n) is 8.29. The van der Waals surface area contributed by atoms with Crippen molar-refractivity contribution in [3.63, 3.8) is 0 Å². The number of carbonyl (C=O) groups excluding carboxylic acids is 2. The Morgan fingerprint density at radius 1 is 1.17 bits per heavy atom. The Morgan fingerprint density at radius 2 is 1.90 bits per heavy atom. The van der Waals surface area contributed by atoms with Gasteiger partial charge in [0, 0.05) is 19.1 Å². The van der Waals surface area contributed by atoms with Gasteiger partial charge < -0.3 is 15.4 Å². The molecular formula is C23H27N3O3. The van der Waals surface area contributed by atoms with E-state index in [-0.39, 0.29) is 23.8 Å². The number of nitrogens with zero attached hydrogens (tertiary/aromatic N) is 1. The molecule has 2 heterocycles. The van der Waals surface area contributed by atoms with E-state index in [2.05, 4.69) is 34.6 Å². The van der Waals surface area contributed by atoms with Crippen molar-refractivity contribution < 1.29 is 14.3 Å². The monoisotopic (exact) mass is 393 g/mol. The van der Waals surface area contributed by atoms with Crippen LogP contribution >= 0.6 is 0 Å². The van der Waals surface area contributed by atoms with Crippen LogP contribution < -0.4 is 15.4 Å². The average Bonchev–Trinajstić information content (AvgIpc) is 3.05. The highest BCUT2D eigenvalue weighted by Gasteiger charge is 2.50. The molecule has 2 aromatic carbocycles. The number of nitrogens with one attached hydrogen (secondary N) is 2. The lowest BCUT2D eigenvalue weighted by Crippen LogP contribution is -2.56. The molecule has 29 heavy (non-hydrogen) atoms. The normalized spacial score (nSPS) is 25.1. The van der Waals surface area contributed by atoms with E-state index in [1.54, 1.807) is 19.2 Å². The summed E-state index contributed by atoms with van der Waals surface area (Å²) in [6.45, 7) is 5.39. The van der Waals surface area contributed by atoms with E-state index in [4.69, 9.17) is 4.74 Å². The summed E-state index contributed by atoms with van der Waals surface area (Å²) in [5.41, 5.74) is 1.68. The van der Waals surface area contributed by atoms with Gasteiger partial charge >= 0.3 is 0 Å². The summed E-state index contributed by atoms with van der Waals surface area (Å²) in [6.07, 6.45) is 0.864. The minimum Gasteiger partial charge on any atom is -0.497 e. The van der Waals surface area contributed by atoms with Crippen LogP contribution in [0.3, 0.4) is 0 Å². The molecule has 1 fully saturated rings. The summed E-state index contributed by atoms with van der Waals surface area (Å²) in [6, 6.07) is 15.5. The van der Waals surface area contributed by atoms with Gasteiger partial charge in [-0.05, 0) is 50.1 Å². The third-order valence-corrected chi connectivity index (χ3v) is 6.18. The SMILES string of the molecule is COc1ccc(CC(C)N2C[C@H]3C(=O)Nc4ccccc4C(=O)N[C@@]3(C)C2)cc1. The Kier molecular flexibility index (Phi) is 5.04. The first-order chi connectivity index (χ1) is 13.9. The second-order valence-corrected chi connectivity index (χ2v) is 8.29. The van der Waals surface area contributed by atoms with Crippen molar-refractivity contribution in [3.8, 4) is 5.75 Å². The third-order valence-electron chi connectivity index (χ3n) is 6.18. The van der Waals surface area contributed by atoms with Crippen molar-refractivity contribution in [1.29, 1.82) is 0 Å². The van der Waals surface area contributed by atoms with Crippen LogP contribution in [0, 0.1) is 5.92 Å². The number of rotatable bonds is 4. The van der Waals surface area contributed by atoms with Crippen molar-refractivity contribution in [2.75, 3.05) is 25.5 Å². The highest BCUT2D eigenvalue weighted by Crippen LogP contribution is 2.33. The minimum atomic E-state index is -0.608. The molecule has 3 atom stereocenters. The summed E-state index contributed by atoms with van der Waals surface area (Å²) in [5.74, 6) is 0.350. The number of methoxy groups -OCH3 is 1. The average molecular weight is 393 g/mol. The molecule has 0 bridgehead atoms. The van der Waals surface area contributed by atoms with E-state index >= 15 is 0 Å². The molecule has 6 nitrogen and oxygen atoms in total. The number of anilines is 1. The number of benzene rings is 2. The standard InChI is InChI=1S/C23H27N3O3/c1-15(12-16-8-10-17(29-3)11-9-16)26-13-19-22(28)24-20-7-5-4-6-18(20)21(27)25-23(19,2)14-26/h4-11,15,19H,12-14H2,1-3H3,(H,24,28)(H,25,27)/t15?,19-,23-/m0/s1. The van der Waals surface area contributed by atoms with Gasteiger partial charge in [0.15, 0.2) is 0 Å². The molecule has 0 spiro atoms. The maximum atomic E-state index is 13.0. The summed E-state index contributed by atoms with van der Waals surface area (Å²) in [5, 5.41) is 6.12. The Balaban J connectivity index is 1.53. The van der Waals surface area contributed by atoms with Crippen LogP contribution in [-0.4, -0.2) is 48.5 Å². The van der Waals surface area contributed by atoms with Crippen molar-refractivity contribution in [3.05, 3.63) is 59.7 Å². The molecular weight excluding hydrogens is 366 g/mol. The number of ether oxygens (including phenoxy) is 1. The number of para-hydroxylation sites is 1. The molecule has 1 saturated heterocycles. The zero-order valence-corrected chi connectivity index (χ0v) is 17.1. The first kappa shape index (κ1) is 19.5. The molecule has 1 unspecified atom stereocenters. The Hall–Kier alpha value is -2.86. The lowest BCUT2D eigenvalue weighted by Gasteiger charge is -2.34. The summed E-state index contributed by atoms with van der Waals surface area (Å²) in [4.78, 5) is 28.2. The van der Waals surface area contributed by atoms with Crippen molar-refractivity contribution in [2.45, 2.75) is 31.8 Å². The molecule has 0 aliphatic carbocycles. The lowest BCUT2D eigenvalue weighted by molar-refractivity contribution is -0.121. The van der Waals surface area contributed by atoms with E-state index < -0.39 is 5.54 Å². The summed E-state index contributed by atoms with van der Waals surface area (Å²) in [7, 11) is 1.66. The highest BCUT2D eigenvalue weighted by atomic mass is 16.5. The largest absolute Gasteiger partial charge is 0.497 e. The first-order valence-electron chi connectivity index (χ1n) is 9.99. The number of carbonyl (C=O) groups is 2. The van der Waals surface area contributed by atoms with Gasteiger partial charge in [-0.2, -0.15) is 0 Å². The van der Waals surface area contributed by atoms with E-state index in [1.165, 1.54) is 5.56 Å². The molecule has 4 rings (SSSR count). The predicted molar refractivity (Wildman–Crippen MR) is 112 cm³/mol. The maximum Gasteiger partial charge on any atom is 0.253 e. The molecule has 2 N–H and O–H groups in total. The highest BCUT2D eigenvalue weighted by molar-refractivity contribution is 6.06. The fourth-order valence-electron chi connectivity index (χ4n) is 4.44. The van der Waals surface area contributed by atoms with Gasteiger partial charge in [0.25, 0.3) is 5.91 Å². The molecule has 0 saturated carbocycles. The Bertz CT molecular complexity index is 927. The second kappa shape index (κ2) is 7.52. The van der Waals surface area contributed by atoms with E-state index in [0.717, 1.165) is 12.2 Å². The molecule has 2 aliphatic rings. The smallest absolute Gasteiger partial charge is 0.253 e. The lowest BCUT2D eigenvalue weighted by atomic mass is 9.86. The van der Waals surface area contributed by atoms with Gasteiger partial charge in [0.1, 0.15) is 5.75 Å². The molecule has 2 amide bonds. The maximum absolute atomic E-state index is 13.0. The number of likely N-dealkylation sites (tertiary alicyclic amines) is 1. The topological polar surface area (TPSA) is 70.7 Å². The molecule has 152 valence electrons. The summed E-state index contributed by atoms with van der Waals surface area (Å²) < 4.78 is 5.23. The zero-order valence-electron chi connectivity index (χ0n) is 17.1. The van der Waals surface area contributed by atoms with Crippen molar-refractivity contribution >= 4 is 17.5 Å². The van der Waals surface area contributed by atoms with Crippen LogP contribution in [0.25, 0.3) is 0 Å². The van der Waals surface area contributed by atoms with Crippen molar-refractivity contribution in [1.82, 2.24) is 10.2 Å². The van der Waals surface area contributed by atoms with Crippen LogP contribution in [0.4, 0.5) is 5.69 Å². The van der Waals surface area contributed by atoms with Crippen LogP contribution in [0.1, 0.15) is 29.8 Å². The van der Waals surface area contributed by atoms with Gasteiger partial charge in [0.05, 0.1) is 29.8 Å². The van der Waals surface area contributed by atoms with Crippen molar-refractivity contribution in [2.24, 2.45) is 5.92 Å². The van der Waals surface area contributed by atoms with Crippen LogP contribution in [0.15, 0.2) is 48.5 Å². The molecule has 6 heteroatoms. The van der Waals surface area contributed by atoms with Gasteiger partial charge in [-0.15, -0.1) is 0 Å². The Labute approximate surface area is 171 Å². The fourth-order valence-corrected chi connectivity index (χ4v) is 4.44. The third kappa shape index (κ3) is 3.72. The van der Waals surface area contributed by atoms with Gasteiger partial charge in [-0.1, -0.05) is 24.3 Å². The molecule has 2 aromatic rings. The predicted octanol–water partition coefficient (Wildman–Crippen LogP) is 2.70. The zero-order chi connectivity index (χ0) is 20.6. The van der Waals surface area contributed by atoms with Crippen LogP contribution in [0.2, 0.25) is 0 Å². The number of hydrogen-bond donors (Lipinski definition) is 2.